The lowest BCUT2D eigenvalue weighted by Gasteiger charge is -2.00. The molecule has 0 N–H and O–H groups in total. The minimum Gasteiger partial charge on any atom is -0.497 e. The summed E-state index contributed by atoms with van der Waals surface area (Å²) in [5.41, 5.74) is 2.09. The summed E-state index contributed by atoms with van der Waals surface area (Å²) in [6.07, 6.45) is 4.03. The number of hydrogen-bond acceptors (Lipinski definition) is 5. The highest BCUT2D eigenvalue weighted by Gasteiger charge is 2.12. The Morgan fingerprint density at radius 3 is 2.50 bits per heavy atom. The van der Waals surface area contributed by atoms with E-state index < -0.39 is 0 Å². The Kier molecular flexibility index (Phi) is 3.80. The molecule has 0 atom stereocenters. The third kappa shape index (κ3) is 2.79. The van der Waals surface area contributed by atoms with Gasteiger partial charge in [-0.3, -0.25) is 0 Å². The summed E-state index contributed by atoms with van der Waals surface area (Å²) in [6.45, 7) is 0. The minimum absolute atomic E-state index is 0.725. The van der Waals surface area contributed by atoms with Gasteiger partial charge in [-0.2, -0.15) is 9.61 Å². The Labute approximate surface area is 142 Å². The molecule has 0 aliphatic carbocycles. The Bertz CT molecular complexity index is 987. The van der Waals surface area contributed by atoms with E-state index in [0.717, 1.165) is 32.7 Å². The zero-order chi connectivity index (χ0) is 16.4. The number of hydrogen-bond donors (Lipinski definition) is 0. The maximum absolute atomic E-state index is 5.19. The molecule has 0 unspecified atom stereocenters. The summed E-state index contributed by atoms with van der Waals surface area (Å²) >= 11 is 1.51. The van der Waals surface area contributed by atoms with Crippen LogP contribution >= 0.6 is 11.3 Å². The smallest absolute Gasteiger partial charge is 0.235 e. The van der Waals surface area contributed by atoms with Crippen molar-refractivity contribution in [2.24, 2.45) is 0 Å². The quantitative estimate of drug-likeness (QED) is 0.565. The zero-order valence-corrected chi connectivity index (χ0v) is 13.8. The van der Waals surface area contributed by atoms with E-state index in [0.29, 0.717) is 0 Å². The van der Waals surface area contributed by atoms with Gasteiger partial charge in [0.15, 0.2) is 5.82 Å². The second-order valence-electron chi connectivity index (χ2n) is 5.13. The van der Waals surface area contributed by atoms with E-state index >= 15 is 0 Å². The topological polar surface area (TPSA) is 52.3 Å². The van der Waals surface area contributed by atoms with Crippen molar-refractivity contribution in [1.82, 2.24) is 19.8 Å². The number of fused-ring (bicyclic) bond motifs is 1. The van der Waals surface area contributed by atoms with Gasteiger partial charge in [0.25, 0.3) is 0 Å². The molecule has 0 amide bonds. The fourth-order valence-corrected chi connectivity index (χ4v) is 3.09. The first-order valence-electron chi connectivity index (χ1n) is 7.43. The molecule has 6 heteroatoms. The van der Waals surface area contributed by atoms with Gasteiger partial charge in [-0.05, 0) is 35.9 Å². The van der Waals surface area contributed by atoms with Crippen LogP contribution in [0.5, 0.6) is 5.75 Å². The Morgan fingerprint density at radius 1 is 0.958 bits per heavy atom. The highest BCUT2D eigenvalue weighted by atomic mass is 32.1. The van der Waals surface area contributed by atoms with Gasteiger partial charge < -0.3 is 4.74 Å². The number of rotatable bonds is 4. The normalized spacial score (nSPS) is 11.4. The van der Waals surface area contributed by atoms with Crippen LogP contribution in [-0.2, 0) is 0 Å². The predicted molar refractivity (Wildman–Crippen MR) is 96.0 cm³/mol. The highest BCUT2D eigenvalue weighted by molar-refractivity contribution is 7.17. The van der Waals surface area contributed by atoms with Crippen LogP contribution in [0, 0.1) is 0 Å². The van der Waals surface area contributed by atoms with Crippen LogP contribution in [0.3, 0.4) is 0 Å². The predicted octanol–water partition coefficient (Wildman–Crippen LogP) is 4.03. The molecule has 4 rings (SSSR count). The van der Waals surface area contributed by atoms with E-state index in [2.05, 4.69) is 27.4 Å². The molecule has 2 aromatic heterocycles. The van der Waals surface area contributed by atoms with Crippen LogP contribution in [0.4, 0.5) is 0 Å². The molecule has 0 aliphatic rings. The van der Waals surface area contributed by atoms with Gasteiger partial charge in [0.1, 0.15) is 10.8 Å². The molecule has 0 aliphatic heterocycles. The van der Waals surface area contributed by atoms with Crippen molar-refractivity contribution in [3.05, 3.63) is 65.2 Å². The van der Waals surface area contributed by atoms with Crippen LogP contribution < -0.4 is 4.74 Å². The molecule has 0 bridgehead atoms. The standard InChI is InChI=1S/C18H14N4OS/c1-23-15-10-8-14(9-11-15)17-19-20-18-22(17)21-16(24-18)12-7-13-5-3-2-4-6-13/h2-12H,1H3/b12-7+. The van der Waals surface area contributed by atoms with Gasteiger partial charge in [-0.15, -0.1) is 10.2 Å². The van der Waals surface area contributed by atoms with E-state index in [4.69, 9.17) is 4.74 Å². The van der Waals surface area contributed by atoms with Crippen molar-refractivity contribution in [2.75, 3.05) is 7.11 Å². The third-order valence-corrected chi connectivity index (χ3v) is 4.44. The van der Waals surface area contributed by atoms with Gasteiger partial charge in [0.2, 0.25) is 4.96 Å². The molecule has 0 fully saturated rings. The van der Waals surface area contributed by atoms with Gasteiger partial charge in [0, 0.05) is 5.56 Å². The Balaban J connectivity index is 1.66. The van der Waals surface area contributed by atoms with E-state index in [1.807, 2.05) is 54.6 Å². The first-order chi connectivity index (χ1) is 11.8. The third-order valence-electron chi connectivity index (χ3n) is 3.57. The number of nitrogens with zero attached hydrogens (tertiary/aromatic N) is 4. The van der Waals surface area contributed by atoms with E-state index in [-0.39, 0.29) is 0 Å². The molecular formula is C18H14N4OS. The highest BCUT2D eigenvalue weighted by Crippen LogP contribution is 2.24. The number of aromatic nitrogens is 4. The van der Waals surface area contributed by atoms with Crippen molar-refractivity contribution >= 4 is 28.4 Å². The van der Waals surface area contributed by atoms with Crippen LogP contribution in [0.1, 0.15) is 10.6 Å². The molecule has 2 heterocycles. The second kappa shape index (κ2) is 6.25. The van der Waals surface area contributed by atoms with Crippen LogP contribution in [0.25, 0.3) is 28.5 Å². The van der Waals surface area contributed by atoms with Crippen LogP contribution in [-0.4, -0.2) is 26.9 Å². The molecule has 0 radical (unpaired) electrons. The minimum atomic E-state index is 0.725. The van der Waals surface area contributed by atoms with E-state index in [1.54, 1.807) is 11.6 Å². The summed E-state index contributed by atoms with van der Waals surface area (Å²) in [7, 11) is 1.65. The lowest BCUT2D eigenvalue weighted by molar-refractivity contribution is 0.415. The van der Waals surface area contributed by atoms with Crippen molar-refractivity contribution in [1.29, 1.82) is 0 Å². The summed E-state index contributed by atoms with van der Waals surface area (Å²) in [5, 5.41) is 13.9. The molecule has 0 saturated carbocycles. The first kappa shape index (κ1) is 14.6. The molecule has 5 nitrogen and oxygen atoms in total. The fraction of sp³-hybridized carbons (Fsp3) is 0.0556. The van der Waals surface area contributed by atoms with Gasteiger partial charge in [-0.25, -0.2) is 0 Å². The van der Waals surface area contributed by atoms with Gasteiger partial charge >= 0.3 is 0 Å². The van der Waals surface area contributed by atoms with Crippen LogP contribution in [0.15, 0.2) is 54.6 Å². The van der Waals surface area contributed by atoms with Crippen molar-refractivity contribution in [2.45, 2.75) is 0 Å². The van der Waals surface area contributed by atoms with Gasteiger partial charge in [-0.1, -0.05) is 47.7 Å². The summed E-state index contributed by atoms with van der Waals surface area (Å²) in [5.74, 6) is 1.53. The number of ether oxygens (including phenoxy) is 1. The molecule has 0 saturated heterocycles. The molecule has 2 aromatic carbocycles. The summed E-state index contributed by atoms with van der Waals surface area (Å²) < 4.78 is 6.96. The molecule has 118 valence electrons. The average Bonchev–Trinajstić information content (AvgIpc) is 3.21. The maximum atomic E-state index is 5.19. The van der Waals surface area contributed by atoms with Crippen LogP contribution in [0.2, 0.25) is 0 Å². The monoisotopic (exact) mass is 334 g/mol. The lowest BCUT2D eigenvalue weighted by Crippen LogP contribution is -1.91. The van der Waals surface area contributed by atoms with Gasteiger partial charge in [0.05, 0.1) is 7.11 Å². The summed E-state index contributed by atoms with van der Waals surface area (Å²) in [4.78, 5) is 0.772. The van der Waals surface area contributed by atoms with Crippen molar-refractivity contribution in [3.63, 3.8) is 0 Å². The molecule has 4 aromatic rings. The Hall–Kier alpha value is -2.99. The SMILES string of the molecule is COc1ccc(-c2nnc3sc(/C=C/c4ccccc4)nn23)cc1. The molecule has 24 heavy (non-hydrogen) atoms. The largest absolute Gasteiger partial charge is 0.497 e. The Morgan fingerprint density at radius 2 is 1.75 bits per heavy atom. The lowest BCUT2D eigenvalue weighted by atomic mass is 10.2. The second-order valence-corrected chi connectivity index (χ2v) is 6.12. The van der Waals surface area contributed by atoms with Crippen molar-refractivity contribution in [3.8, 4) is 17.1 Å². The van der Waals surface area contributed by atoms with Crippen molar-refractivity contribution < 1.29 is 4.74 Å². The number of benzene rings is 2. The fourth-order valence-electron chi connectivity index (χ4n) is 2.35. The first-order valence-corrected chi connectivity index (χ1v) is 8.25. The zero-order valence-electron chi connectivity index (χ0n) is 13.0. The number of methoxy groups -OCH3 is 1. The molecule has 0 spiro atoms. The average molecular weight is 334 g/mol. The van der Waals surface area contributed by atoms with E-state index in [9.17, 15) is 0 Å². The van der Waals surface area contributed by atoms with E-state index in [1.165, 1.54) is 11.3 Å². The molecular weight excluding hydrogens is 320 g/mol. The maximum Gasteiger partial charge on any atom is 0.235 e. The summed E-state index contributed by atoms with van der Waals surface area (Å²) in [6, 6.07) is 17.8.